The Hall–Kier alpha value is -2.12. The van der Waals surface area contributed by atoms with Gasteiger partial charge in [0.15, 0.2) is 0 Å². The molecule has 1 heterocycles. The van der Waals surface area contributed by atoms with Crippen molar-refractivity contribution in [2.24, 2.45) is 0 Å². The van der Waals surface area contributed by atoms with Gasteiger partial charge < -0.3 is 21.1 Å². The minimum atomic E-state index is -0.312. The lowest BCUT2D eigenvalue weighted by Gasteiger charge is -2.30. The fourth-order valence-electron chi connectivity index (χ4n) is 4.15. The van der Waals surface area contributed by atoms with Gasteiger partial charge in [-0.05, 0) is 63.5 Å². The number of rotatable bonds is 6. The third-order valence-corrected chi connectivity index (χ3v) is 5.92. The molecule has 2 aliphatic carbocycles. The minimum Gasteiger partial charge on any atom is -0.393 e. The highest BCUT2D eigenvalue weighted by Crippen LogP contribution is 2.26. The molecule has 2 amide bonds. The standard InChI is InChI=1S/C21H29ClN4O3/c1-2-20(28)25-13-6-8-14(9-7-13)26-21(29)17-12-23-19(22)11-18(17)24-15-4-3-5-16(27)10-15/h2,11-16,27H,1,3-10H2,(H,23,24)(H,25,28)(H,26,29)/t13-,14-,15-,16+/m0/s1. The molecule has 158 valence electrons. The number of amides is 2. The van der Waals surface area contributed by atoms with Crippen LogP contribution in [0.5, 0.6) is 0 Å². The molecule has 8 heteroatoms. The average Bonchev–Trinajstić information content (AvgIpc) is 2.69. The maximum Gasteiger partial charge on any atom is 0.255 e. The minimum absolute atomic E-state index is 0.0550. The van der Waals surface area contributed by atoms with Crippen molar-refractivity contribution in [3.8, 4) is 0 Å². The Morgan fingerprint density at radius 3 is 2.45 bits per heavy atom. The molecule has 0 aromatic carbocycles. The van der Waals surface area contributed by atoms with Crippen LogP contribution in [0.25, 0.3) is 0 Å². The molecule has 2 aliphatic rings. The van der Waals surface area contributed by atoms with Crippen molar-refractivity contribution in [3.63, 3.8) is 0 Å². The molecule has 1 aromatic rings. The van der Waals surface area contributed by atoms with Crippen LogP contribution in [-0.4, -0.2) is 46.1 Å². The molecule has 3 rings (SSSR count). The van der Waals surface area contributed by atoms with Gasteiger partial charge in [0.2, 0.25) is 5.91 Å². The molecule has 2 fully saturated rings. The second-order valence-electron chi connectivity index (χ2n) is 7.95. The lowest BCUT2D eigenvalue weighted by atomic mass is 9.91. The summed E-state index contributed by atoms with van der Waals surface area (Å²) in [6.07, 6.45) is 9.05. The van der Waals surface area contributed by atoms with E-state index in [-0.39, 0.29) is 36.0 Å². The molecule has 0 unspecified atom stereocenters. The first-order chi connectivity index (χ1) is 13.9. The largest absolute Gasteiger partial charge is 0.393 e. The summed E-state index contributed by atoms with van der Waals surface area (Å²) in [5, 5.41) is 19.6. The molecule has 2 saturated carbocycles. The molecular weight excluding hydrogens is 392 g/mol. The molecule has 0 aliphatic heterocycles. The number of aliphatic hydroxyl groups is 1. The zero-order valence-corrected chi connectivity index (χ0v) is 17.3. The maximum absolute atomic E-state index is 12.9. The Kier molecular flexibility index (Phi) is 7.50. The number of anilines is 1. The second-order valence-corrected chi connectivity index (χ2v) is 8.34. The van der Waals surface area contributed by atoms with Gasteiger partial charge in [0, 0.05) is 24.3 Å². The van der Waals surface area contributed by atoms with Gasteiger partial charge in [0.1, 0.15) is 5.15 Å². The monoisotopic (exact) mass is 420 g/mol. The zero-order valence-electron chi connectivity index (χ0n) is 16.5. The number of nitrogens with zero attached hydrogens (tertiary/aromatic N) is 1. The predicted octanol–water partition coefficient (Wildman–Crippen LogP) is 2.79. The topological polar surface area (TPSA) is 103 Å². The van der Waals surface area contributed by atoms with E-state index in [1.54, 1.807) is 6.07 Å². The number of aromatic nitrogens is 1. The normalized spacial score (nSPS) is 27.0. The highest BCUT2D eigenvalue weighted by atomic mass is 35.5. The number of carbonyl (C=O) groups is 2. The molecule has 0 bridgehead atoms. The van der Waals surface area contributed by atoms with E-state index in [1.807, 2.05) is 0 Å². The van der Waals surface area contributed by atoms with E-state index in [0.29, 0.717) is 22.8 Å². The third-order valence-electron chi connectivity index (χ3n) is 5.72. The number of hydrogen-bond donors (Lipinski definition) is 4. The zero-order chi connectivity index (χ0) is 20.8. The summed E-state index contributed by atoms with van der Waals surface area (Å²) in [7, 11) is 0. The molecule has 2 atom stereocenters. The molecule has 0 saturated heterocycles. The van der Waals surface area contributed by atoms with Crippen LogP contribution in [0, 0.1) is 0 Å². The summed E-state index contributed by atoms with van der Waals surface area (Å²) in [6, 6.07) is 1.95. The summed E-state index contributed by atoms with van der Waals surface area (Å²) >= 11 is 6.06. The fraction of sp³-hybridized carbons (Fsp3) is 0.571. The van der Waals surface area contributed by atoms with Gasteiger partial charge in [-0.2, -0.15) is 0 Å². The molecule has 29 heavy (non-hydrogen) atoms. The third kappa shape index (κ3) is 6.18. The van der Waals surface area contributed by atoms with Crippen LogP contribution in [0.2, 0.25) is 5.15 Å². The van der Waals surface area contributed by atoms with E-state index in [2.05, 4.69) is 27.5 Å². The fourth-order valence-corrected chi connectivity index (χ4v) is 4.31. The van der Waals surface area contributed by atoms with Crippen molar-refractivity contribution in [3.05, 3.63) is 35.6 Å². The van der Waals surface area contributed by atoms with Gasteiger partial charge in [-0.3, -0.25) is 9.59 Å². The van der Waals surface area contributed by atoms with Crippen molar-refractivity contribution in [2.45, 2.75) is 75.6 Å². The Morgan fingerprint density at radius 1 is 1.10 bits per heavy atom. The lowest BCUT2D eigenvalue weighted by Crippen LogP contribution is -2.43. The summed E-state index contributed by atoms with van der Waals surface area (Å²) in [5.74, 6) is -0.347. The Balaban J connectivity index is 1.59. The molecular formula is C21H29ClN4O3. The molecule has 0 radical (unpaired) electrons. The molecule has 7 nitrogen and oxygen atoms in total. The van der Waals surface area contributed by atoms with Gasteiger partial charge >= 0.3 is 0 Å². The van der Waals surface area contributed by atoms with Crippen LogP contribution in [0.3, 0.4) is 0 Å². The van der Waals surface area contributed by atoms with Gasteiger partial charge in [-0.25, -0.2) is 4.98 Å². The molecule has 4 N–H and O–H groups in total. The van der Waals surface area contributed by atoms with Gasteiger partial charge in [-0.15, -0.1) is 0 Å². The Morgan fingerprint density at radius 2 is 1.79 bits per heavy atom. The molecule has 0 spiro atoms. The number of halogens is 1. The lowest BCUT2D eigenvalue weighted by molar-refractivity contribution is -0.117. The highest BCUT2D eigenvalue weighted by Gasteiger charge is 2.26. The van der Waals surface area contributed by atoms with Crippen LogP contribution >= 0.6 is 11.6 Å². The number of pyridine rings is 1. The van der Waals surface area contributed by atoms with Crippen molar-refractivity contribution in [2.75, 3.05) is 5.32 Å². The van der Waals surface area contributed by atoms with Gasteiger partial charge in [0.25, 0.3) is 5.91 Å². The summed E-state index contributed by atoms with van der Waals surface area (Å²) in [4.78, 5) is 28.4. The smallest absolute Gasteiger partial charge is 0.255 e. The first-order valence-electron chi connectivity index (χ1n) is 10.3. The van der Waals surface area contributed by atoms with E-state index >= 15 is 0 Å². The van der Waals surface area contributed by atoms with Crippen molar-refractivity contribution in [1.29, 1.82) is 0 Å². The average molecular weight is 421 g/mol. The van der Waals surface area contributed by atoms with Crippen molar-refractivity contribution in [1.82, 2.24) is 15.6 Å². The maximum atomic E-state index is 12.9. The quantitative estimate of drug-likeness (QED) is 0.418. The van der Waals surface area contributed by atoms with E-state index < -0.39 is 0 Å². The second kappa shape index (κ2) is 10.1. The number of hydrogen-bond acceptors (Lipinski definition) is 5. The van der Waals surface area contributed by atoms with Crippen LogP contribution < -0.4 is 16.0 Å². The van der Waals surface area contributed by atoms with Gasteiger partial charge in [-0.1, -0.05) is 18.2 Å². The van der Waals surface area contributed by atoms with E-state index in [9.17, 15) is 14.7 Å². The summed E-state index contributed by atoms with van der Waals surface area (Å²) < 4.78 is 0. The Bertz CT molecular complexity index is 749. The number of aliphatic hydroxyl groups excluding tert-OH is 1. The summed E-state index contributed by atoms with van der Waals surface area (Å²) in [5.41, 5.74) is 1.10. The first-order valence-corrected chi connectivity index (χ1v) is 10.7. The highest BCUT2D eigenvalue weighted by molar-refractivity contribution is 6.29. The molecule has 1 aromatic heterocycles. The first kappa shape index (κ1) is 21.6. The Labute approximate surface area is 176 Å². The van der Waals surface area contributed by atoms with Crippen molar-refractivity contribution < 1.29 is 14.7 Å². The van der Waals surface area contributed by atoms with Crippen LogP contribution in [0.1, 0.15) is 61.7 Å². The van der Waals surface area contributed by atoms with E-state index in [4.69, 9.17) is 11.6 Å². The van der Waals surface area contributed by atoms with Crippen LogP contribution in [-0.2, 0) is 4.79 Å². The number of nitrogens with one attached hydrogen (secondary N) is 3. The van der Waals surface area contributed by atoms with Crippen LogP contribution in [0.4, 0.5) is 5.69 Å². The van der Waals surface area contributed by atoms with Crippen LogP contribution in [0.15, 0.2) is 24.9 Å². The SMILES string of the molecule is C=CC(=O)N[C@H]1CC[C@H](NC(=O)c2cnc(Cl)cc2N[C@H]2CCC[C@@H](O)C2)CC1. The van der Waals surface area contributed by atoms with Crippen molar-refractivity contribution >= 4 is 29.1 Å². The van der Waals surface area contributed by atoms with E-state index in [0.717, 1.165) is 44.9 Å². The van der Waals surface area contributed by atoms with E-state index in [1.165, 1.54) is 12.3 Å². The van der Waals surface area contributed by atoms with Gasteiger partial charge in [0.05, 0.1) is 17.4 Å². The number of carbonyl (C=O) groups excluding carboxylic acids is 2. The summed E-state index contributed by atoms with van der Waals surface area (Å²) in [6.45, 7) is 3.47. The predicted molar refractivity (Wildman–Crippen MR) is 113 cm³/mol.